The topological polar surface area (TPSA) is 93.2 Å². The Morgan fingerprint density at radius 2 is 0.958 bits per heavy atom. The first kappa shape index (κ1) is 29.9. The summed E-state index contributed by atoms with van der Waals surface area (Å²) in [6.07, 6.45) is 0.369. The maximum absolute atomic E-state index is 14.9. The summed E-state index contributed by atoms with van der Waals surface area (Å²) in [7, 11) is 3.12. The van der Waals surface area contributed by atoms with E-state index in [4.69, 9.17) is 9.47 Å². The number of hydrogen-bond donors (Lipinski definition) is 0. The minimum Gasteiger partial charge on any atom is -0.497 e. The molecule has 0 radical (unpaired) electrons. The van der Waals surface area contributed by atoms with E-state index in [1.807, 2.05) is 67.6 Å². The third-order valence-corrected chi connectivity index (χ3v) is 11.0. The maximum atomic E-state index is 14.9. The molecular weight excluding hydrogens is 604 g/mol. The summed E-state index contributed by atoms with van der Waals surface area (Å²) < 4.78 is 10.7. The molecule has 5 aliphatic rings. The number of rotatable bonds is 7. The molecule has 0 N–H and O–H groups in total. The molecule has 4 aromatic carbocycles. The standard InChI is InChI=1S/C40H34N2O6/c1-4-40-33(24-13-9-6-10-14-24)29(23-11-7-5-8-12-23)30(31-34(40)38(45)41(36(31)43)25-15-19-27(47-2)20-16-25)32-35(40)39(46)42(37(32)44)26-17-21-28(48-3)22-18-26/h5-22,30-32,34-35H,4H2,1-3H3/t30?,31-,32-,34+,35+,40?/m0/s1. The highest BCUT2D eigenvalue weighted by Gasteiger charge is 2.77. The molecule has 48 heavy (non-hydrogen) atoms. The number of benzene rings is 4. The van der Waals surface area contributed by atoms with Crippen LogP contribution in [0.2, 0.25) is 0 Å². The van der Waals surface area contributed by atoms with Gasteiger partial charge in [-0.25, -0.2) is 0 Å². The Morgan fingerprint density at radius 1 is 0.542 bits per heavy atom. The molecular formula is C40H34N2O6. The molecule has 3 fully saturated rings. The maximum Gasteiger partial charge on any atom is 0.238 e. The average molecular weight is 639 g/mol. The van der Waals surface area contributed by atoms with Crippen LogP contribution in [0.4, 0.5) is 11.4 Å². The summed E-state index contributed by atoms with van der Waals surface area (Å²) in [6.45, 7) is 1.98. The van der Waals surface area contributed by atoms with Gasteiger partial charge >= 0.3 is 0 Å². The molecule has 2 bridgehead atoms. The second-order valence-corrected chi connectivity index (χ2v) is 12.9. The number of methoxy groups -OCH3 is 2. The van der Waals surface area contributed by atoms with E-state index >= 15 is 0 Å². The SMILES string of the molecule is CCC12C(c3ccccc3)=C(c3ccccc3)C([C@@H]3C(=O)N(c4ccc(OC)cc4)C(=O)[C@@H]31)[C@@H]1C(=O)N(c3ccc(OC)cc3)C(=O)[C@@H]12. The first-order chi connectivity index (χ1) is 23.4. The highest BCUT2D eigenvalue weighted by atomic mass is 16.5. The van der Waals surface area contributed by atoms with E-state index < -0.39 is 35.0 Å². The molecule has 9 rings (SSSR count). The van der Waals surface area contributed by atoms with Gasteiger partial charge in [-0.15, -0.1) is 0 Å². The highest BCUT2D eigenvalue weighted by Crippen LogP contribution is 2.73. The van der Waals surface area contributed by atoms with Gasteiger partial charge < -0.3 is 9.47 Å². The van der Waals surface area contributed by atoms with Crippen molar-refractivity contribution in [3.05, 3.63) is 120 Å². The average Bonchev–Trinajstić information content (AvgIpc) is 3.57. The molecule has 240 valence electrons. The second-order valence-electron chi connectivity index (χ2n) is 12.9. The van der Waals surface area contributed by atoms with Crippen molar-refractivity contribution in [2.24, 2.45) is 35.0 Å². The third kappa shape index (κ3) is 3.89. The first-order valence-corrected chi connectivity index (χ1v) is 16.3. The third-order valence-electron chi connectivity index (χ3n) is 11.0. The summed E-state index contributed by atoms with van der Waals surface area (Å²) in [5.74, 6) is -4.27. The van der Waals surface area contributed by atoms with Crippen LogP contribution in [0.5, 0.6) is 11.5 Å². The molecule has 4 amide bonds. The molecule has 0 aromatic heterocycles. The van der Waals surface area contributed by atoms with Gasteiger partial charge in [-0.3, -0.25) is 29.0 Å². The van der Waals surface area contributed by atoms with Crippen molar-refractivity contribution < 1.29 is 28.7 Å². The van der Waals surface area contributed by atoms with Crippen molar-refractivity contribution >= 4 is 46.1 Å². The number of hydrogen-bond acceptors (Lipinski definition) is 6. The predicted octanol–water partition coefficient (Wildman–Crippen LogP) is 6.27. The van der Waals surface area contributed by atoms with Gasteiger partial charge in [0.05, 0.1) is 49.3 Å². The van der Waals surface area contributed by atoms with Crippen LogP contribution < -0.4 is 19.3 Å². The number of amides is 4. The number of imide groups is 2. The Kier molecular flexibility index (Phi) is 6.87. The van der Waals surface area contributed by atoms with Crippen LogP contribution in [0.1, 0.15) is 24.5 Å². The summed E-state index contributed by atoms with van der Waals surface area (Å²) in [5.41, 5.74) is 3.22. The van der Waals surface area contributed by atoms with Crippen molar-refractivity contribution in [2.75, 3.05) is 24.0 Å². The smallest absolute Gasteiger partial charge is 0.238 e. The number of ether oxygens (including phenoxy) is 2. The van der Waals surface area contributed by atoms with Crippen molar-refractivity contribution in [1.82, 2.24) is 0 Å². The fourth-order valence-corrected chi connectivity index (χ4v) is 9.27. The van der Waals surface area contributed by atoms with E-state index in [-0.39, 0.29) is 23.6 Å². The number of nitrogens with zero attached hydrogens (tertiary/aromatic N) is 2. The van der Waals surface area contributed by atoms with Crippen molar-refractivity contribution in [2.45, 2.75) is 13.3 Å². The zero-order chi connectivity index (χ0) is 33.3. The molecule has 1 saturated carbocycles. The molecule has 2 saturated heterocycles. The predicted molar refractivity (Wildman–Crippen MR) is 181 cm³/mol. The van der Waals surface area contributed by atoms with Crippen LogP contribution in [-0.2, 0) is 19.2 Å². The lowest BCUT2D eigenvalue weighted by Crippen LogP contribution is -2.60. The van der Waals surface area contributed by atoms with Crippen LogP contribution in [0, 0.1) is 35.0 Å². The number of carbonyl (C=O) groups is 4. The van der Waals surface area contributed by atoms with Gasteiger partial charge in [0.15, 0.2) is 0 Å². The summed E-state index contributed by atoms with van der Waals surface area (Å²) >= 11 is 0. The lowest BCUT2D eigenvalue weighted by Gasteiger charge is -2.58. The van der Waals surface area contributed by atoms with Gasteiger partial charge in [0.1, 0.15) is 11.5 Å². The van der Waals surface area contributed by atoms with E-state index in [9.17, 15) is 19.2 Å². The first-order valence-electron chi connectivity index (χ1n) is 16.3. The van der Waals surface area contributed by atoms with E-state index in [1.54, 1.807) is 62.8 Å². The Morgan fingerprint density at radius 3 is 1.35 bits per heavy atom. The van der Waals surface area contributed by atoms with E-state index in [0.717, 1.165) is 22.3 Å². The van der Waals surface area contributed by atoms with Crippen LogP contribution in [-0.4, -0.2) is 37.8 Å². The van der Waals surface area contributed by atoms with E-state index in [0.29, 0.717) is 29.3 Å². The molecule has 2 heterocycles. The van der Waals surface area contributed by atoms with Crippen LogP contribution in [0.25, 0.3) is 11.1 Å². The summed E-state index contributed by atoms with van der Waals surface area (Å²) in [6, 6.07) is 33.4. The van der Waals surface area contributed by atoms with Crippen molar-refractivity contribution in [3.8, 4) is 11.5 Å². The number of carbonyl (C=O) groups excluding carboxylic acids is 4. The molecule has 2 aliphatic heterocycles. The minimum atomic E-state index is -1.15. The minimum absolute atomic E-state index is 0.343. The Balaban J connectivity index is 1.40. The van der Waals surface area contributed by atoms with Crippen LogP contribution in [0.15, 0.2) is 109 Å². The van der Waals surface area contributed by atoms with Gasteiger partial charge in [0, 0.05) is 11.3 Å². The van der Waals surface area contributed by atoms with E-state index in [2.05, 4.69) is 0 Å². The van der Waals surface area contributed by atoms with Gasteiger partial charge in [0.2, 0.25) is 23.6 Å². The fraction of sp³-hybridized carbons (Fsp3) is 0.250. The lowest BCUT2D eigenvalue weighted by atomic mass is 9.40. The summed E-state index contributed by atoms with van der Waals surface area (Å²) in [4.78, 5) is 62.0. The Hall–Kier alpha value is -5.50. The fourth-order valence-electron chi connectivity index (χ4n) is 9.27. The number of allylic oxidation sites excluding steroid dienone is 2. The zero-order valence-corrected chi connectivity index (χ0v) is 26.8. The molecule has 0 spiro atoms. The molecule has 3 aliphatic carbocycles. The normalized spacial score (nSPS) is 27.4. The van der Waals surface area contributed by atoms with Crippen LogP contribution >= 0.6 is 0 Å². The zero-order valence-electron chi connectivity index (χ0n) is 26.8. The number of anilines is 2. The molecule has 8 heteroatoms. The lowest BCUT2D eigenvalue weighted by molar-refractivity contribution is -0.145. The van der Waals surface area contributed by atoms with Gasteiger partial charge in [-0.05, 0) is 77.2 Å². The van der Waals surface area contributed by atoms with Crippen molar-refractivity contribution in [1.29, 1.82) is 0 Å². The quantitative estimate of drug-likeness (QED) is 0.222. The largest absolute Gasteiger partial charge is 0.497 e. The monoisotopic (exact) mass is 638 g/mol. The highest BCUT2D eigenvalue weighted by molar-refractivity contribution is 6.29. The van der Waals surface area contributed by atoms with Gasteiger partial charge in [-0.2, -0.15) is 0 Å². The second kappa shape index (κ2) is 11.0. The molecule has 0 unspecified atom stereocenters. The van der Waals surface area contributed by atoms with E-state index in [1.165, 1.54) is 9.80 Å². The van der Waals surface area contributed by atoms with Gasteiger partial charge in [-0.1, -0.05) is 67.6 Å². The molecule has 8 nitrogen and oxygen atoms in total. The van der Waals surface area contributed by atoms with Gasteiger partial charge in [0.25, 0.3) is 0 Å². The Labute approximate surface area is 278 Å². The van der Waals surface area contributed by atoms with Crippen molar-refractivity contribution in [3.63, 3.8) is 0 Å². The molecule has 4 atom stereocenters. The Bertz CT molecular complexity index is 1900. The van der Waals surface area contributed by atoms with Crippen LogP contribution in [0.3, 0.4) is 0 Å². The molecule has 4 aromatic rings. The summed E-state index contributed by atoms with van der Waals surface area (Å²) in [5, 5.41) is 0.